The molecule has 84 valence electrons. The van der Waals surface area contributed by atoms with Crippen LogP contribution in [0.15, 0.2) is 12.1 Å². The summed E-state index contributed by atoms with van der Waals surface area (Å²) in [6.45, 7) is 3.79. The predicted octanol–water partition coefficient (Wildman–Crippen LogP) is 1.26. The monoisotopic (exact) mass is 210 g/mol. The summed E-state index contributed by atoms with van der Waals surface area (Å²) in [6.07, 6.45) is 0.871. The zero-order chi connectivity index (χ0) is 11.1. The summed E-state index contributed by atoms with van der Waals surface area (Å²) in [5.74, 6) is 0.654. The van der Waals surface area contributed by atoms with Gasteiger partial charge in [0.2, 0.25) is 5.88 Å². The molecular formula is C11H18N2O2. The van der Waals surface area contributed by atoms with Crippen LogP contribution in [-0.2, 0) is 11.3 Å². The Balaban J connectivity index is 2.45. The molecular weight excluding hydrogens is 192 g/mol. The van der Waals surface area contributed by atoms with E-state index in [1.165, 1.54) is 0 Å². The highest BCUT2D eigenvalue weighted by Crippen LogP contribution is 2.11. The van der Waals surface area contributed by atoms with Gasteiger partial charge in [-0.2, -0.15) is 0 Å². The Morgan fingerprint density at radius 3 is 2.73 bits per heavy atom. The smallest absolute Gasteiger partial charge is 0.213 e. The van der Waals surface area contributed by atoms with E-state index in [9.17, 15) is 0 Å². The van der Waals surface area contributed by atoms with Gasteiger partial charge in [-0.05, 0) is 12.5 Å². The maximum atomic E-state index is 5.54. The van der Waals surface area contributed by atoms with Crippen LogP contribution < -0.4 is 10.5 Å². The van der Waals surface area contributed by atoms with Crippen LogP contribution in [0, 0.1) is 6.92 Å². The van der Waals surface area contributed by atoms with Crippen molar-refractivity contribution in [3.63, 3.8) is 0 Å². The molecule has 1 aromatic rings. The summed E-state index contributed by atoms with van der Waals surface area (Å²) >= 11 is 0. The third-order valence-electron chi connectivity index (χ3n) is 2.13. The van der Waals surface area contributed by atoms with Crippen LogP contribution in [0.5, 0.6) is 5.88 Å². The number of aryl methyl sites for hydroxylation is 1. The normalized spacial score (nSPS) is 10.3. The molecule has 0 spiro atoms. The molecule has 1 heterocycles. The van der Waals surface area contributed by atoms with Gasteiger partial charge in [0.25, 0.3) is 0 Å². The highest BCUT2D eigenvalue weighted by molar-refractivity contribution is 5.24. The van der Waals surface area contributed by atoms with E-state index in [2.05, 4.69) is 4.98 Å². The molecule has 0 saturated carbocycles. The van der Waals surface area contributed by atoms with Gasteiger partial charge in [-0.3, -0.25) is 0 Å². The van der Waals surface area contributed by atoms with Crippen LogP contribution in [0.1, 0.15) is 17.7 Å². The van der Waals surface area contributed by atoms with Gasteiger partial charge in [-0.25, -0.2) is 4.98 Å². The zero-order valence-electron chi connectivity index (χ0n) is 9.32. The van der Waals surface area contributed by atoms with Crippen molar-refractivity contribution in [3.8, 4) is 5.88 Å². The molecule has 0 aliphatic rings. The van der Waals surface area contributed by atoms with Crippen LogP contribution in [-0.4, -0.2) is 25.3 Å². The van der Waals surface area contributed by atoms with Gasteiger partial charge in [0, 0.05) is 38.4 Å². The lowest BCUT2D eigenvalue weighted by Gasteiger charge is -2.07. The molecule has 0 aromatic carbocycles. The average molecular weight is 210 g/mol. The Bertz CT molecular complexity index is 303. The van der Waals surface area contributed by atoms with Gasteiger partial charge in [0.15, 0.2) is 0 Å². The van der Waals surface area contributed by atoms with Crippen LogP contribution in [0.3, 0.4) is 0 Å². The third kappa shape index (κ3) is 3.85. The number of hydrogen-bond acceptors (Lipinski definition) is 4. The summed E-state index contributed by atoms with van der Waals surface area (Å²) in [5.41, 5.74) is 7.53. The van der Waals surface area contributed by atoms with Crippen molar-refractivity contribution in [1.82, 2.24) is 4.98 Å². The highest BCUT2D eigenvalue weighted by atomic mass is 16.5. The van der Waals surface area contributed by atoms with Crippen molar-refractivity contribution in [3.05, 3.63) is 23.4 Å². The van der Waals surface area contributed by atoms with Crippen LogP contribution in [0.25, 0.3) is 0 Å². The van der Waals surface area contributed by atoms with Crippen LogP contribution >= 0.6 is 0 Å². The number of rotatable bonds is 6. The lowest BCUT2D eigenvalue weighted by atomic mass is 10.2. The van der Waals surface area contributed by atoms with Gasteiger partial charge in [-0.1, -0.05) is 6.07 Å². The molecule has 0 radical (unpaired) electrons. The summed E-state index contributed by atoms with van der Waals surface area (Å²) in [4.78, 5) is 4.30. The lowest BCUT2D eigenvalue weighted by molar-refractivity contribution is 0.170. The topological polar surface area (TPSA) is 57.4 Å². The van der Waals surface area contributed by atoms with E-state index in [0.717, 1.165) is 17.7 Å². The van der Waals surface area contributed by atoms with Crippen molar-refractivity contribution >= 4 is 0 Å². The molecule has 15 heavy (non-hydrogen) atoms. The fourth-order valence-electron chi connectivity index (χ4n) is 1.24. The molecule has 0 unspecified atom stereocenters. The van der Waals surface area contributed by atoms with Gasteiger partial charge < -0.3 is 15.2 Å². The quantitative estimate of drug-likeness (QED) is 0.718. The van der Waals surface area contributed by atoms with Crippen molar-refractivity contribution < 1.29 is 9.47 Å². The number of pyridine rings is 1. The highest BCUT2D eigenvalue weighted by Gasteiger charge is 2.00. The summed E-state index contributed by atoms with van der Waals surface area (Å²) in [6, 6.07) is 3.80. The van der Waals surface area contributed by atoms with Crippen molar-refractivity contribution in [2.75, 3.05) is 20.3 Å². The second-order valence-electron chi connectivity index (χ2n) is 3.29. The largest absolute Gasteiger partial charge is 0.478 e. The van der Waals surface area contributed by atoms with E-state index in [1.54, 1.807) is 7.11 Å². The fourth-order valence-corrected chi connectivity index (χ4v) is 1.24. The third-order valence-corrected chi connectivity index (χ3v) is 2.13. The Morgan fingerprint density at radius 2 is 2.13 bits per heavy atom. The Kier molecular flexibility index (Phi) is 5.07. The minimum absolute atomic E-state index is 0.517. The second-order valence-corrected chi connectivity index (χ2v) is 3.29. The number of aromatic nitrogens is 1. The molecule has 0 saturated heterocycles. The summed E-state index contributed by atoms with van der Waals surface area (Å²) in [7, 11) is 1.68. The lowest BCUT2D eigenvalue weighted by Crippen LogP contribution is -2.05. The molecule has 0 atom stereocenters. The molecule has 0 amide bonds. The number of ether oxygens (including phenoxy) is 2. The van der Waals surface area contributed by atoms with Crippen LogP contribution in [0.4, 0.5) is 0 Å². The van der Waals surface area contributed by atoms with Crippen molar-refractivity contribution in [2.24, 2.45) is 5.73 Å². The van der Waals surface area contributed by atoms with E-state index in [0.29, 0.717) is 25.6 Å². The van der Waals surface area contributed by atoms with Gasteiger partial charge in [0.1, 0.15) is 0 Å². The first-order valence-electron chi connectivity index (χ1n) is 5.06. The number of nitrogens with two attached hydrogens (primary N) is 1. The molecule has 1 aromatic heterocycles. The maximum Gasteiger partial charge on any atom is 0.213 e. The molecule has 0 aliphatic carbocycles. The standard InChI is InChI=1S/C11H18N2O2/c1-9-10(8-12)4-5-11(13-9)15-7-3-6-14-2/h4-5H,3,6-8,12H2,1-2H3. The fraction of sp³-hybridized carbons (Fsp3) is 0.545. The van der Waals surface area contributed by atoms with E-state index in [1.807, 2.05) is 19.1 Å². The first-order valence-corrected chi connectivity index (χ1v) is 5.06. The summed E-state index contributed by atoms with van der Waals surface area (Å²) < 4.78 is 10.4. The molecule has 2 N–H and O–H groups in total. The van der Waals surface area contributed by atoms with Crippen LogP contribution in [0.2, 0.25) is 0 Å². The molecule has 1 rings (SSSR count). The first-order chi connectivity index (χ1) is 7.27. The number of nitrogens with zero attached hydrogens (tertiary/aromatic N) is 1. The Hall–Kier alpha value is -1.13. The Labute approximate surface area is 90.4 Å². The minimum atomic E-state index is 0.517. The van der Waals surface area contributed by atoms with E-state index in [4.69, 9.17) is 15.2 Å². The Morgan fingerprint density at radius 1 is 1.33 bits per heavy atom. The van der Waals surface area contributed by atoms with Gasteiger partial charge in [0.05, 0.1) is 6.61 Å². The minimum Gasteiger partial charge on any atom is -0.478 e. The van der Waals surface area contributed by atoms with E-state index in [-0.39, 0.29) is 0 Å². The number of methoxy groups -OCH3 is 1. The molecule has 0 fully saturated rings. The summed E-state index contributed by atoms with van der Waals surface area (Å²) in [5, 5.41) is 0. The molecule has 4 heteroatoms. The van der Waals surface area contributed by atoms with Gasteiger partial charge in [-0.15, -0.1) is 0 Å². The van der Waals surface area contributed by atoms with E-state index < -0.39 is 0 Å². The SMILES string of the molecule is COCCCOc1ccc(CN)c(C)n1. The zero-order valence-corrected chi connectivity index (χ0v) is 9.32. The predicted molar refractivity (Wildman–Crippen MR) is 58.9 cm³/mol. The van der Waals surface area contributed by atoms with Crippen molar-refractivity contribution in [2.45, 2.75) is 19.9 Å². The first kappa shape index (κ1) is 11.9. The second kappa shape index (κ2) is 6.37. The average Bonchev–Trinajstić information content (AvgIpc) is 2.25. The van der Waals surface area contributed by atoms with Crippen molar-refractivity contribution in [1.29, 1.82) is 0 Å². The van der Waals surface area contributed by atoms with Gasteiger partial charge >= 0.3 is 0 Å². The molecule has 4 nitrogen and oxygen atoms in total. The molecule has 0 aliphatic heterocycles. The number of hydrogen-bond donors (Lipinski definition) is 1. The van der Waals surface area contributed by atoms with E-state index >= 15 is 0 Å². The maximum absolute atomic E-state index is 5.54. The molecule has 0 bridgehead atoms.